The van der Waals surface area contributed by atoms with Crippen molar-refractivity contribution in [3.8, 4) is 11.3 Å². The number of piperidine rings is 1. The van der Waals surface area contributed by atoms with Crippen LogP contribution in [0.5, 0.6) is 0 Å². The van der Waals surface area contributed by atoms with E-state index in [2.05, 4.69) is 28.2 Å². The van der Waals surface area contributed by atoms with Crippen LogP contribution < -0.4 is 4.90 Å². The summed E-state index contributed by atoms with van der Waals surface area (Å²) in [5, 5.41) is 4.63. The van der Waals surface area contributed by atoms with Gasteiger partial charge in [0, 0.05) is 43.6 Å². The number of cyclic esters (lactones) is 1. The molecule has 27 heavy (non-hydrogen) atoms. The Morgan fingerprint density at radius 1 is 1.11 bits per heavy atom. The van der Waals surface area contributed by atoms with Crippen molar-refractivity contribution in [2.45, 2.75) is 25.4 Å². The summed E-state index contributed by atoms with van der Waals surface area (Å²) in [6.07, 6.45) is 0.927. The fourth-order valence-corrected chi connectivity index (χ4v) is 3.87. The number of ether oxygens (including phenoxy) is 2. The van der Waals surface area contributed by atoms with E-state index >= 15 is 0 Å². The smallest absolute Gasteiger partial charge is 0.430 e. The average Bonchev–Trinajstić information content (AvgIpc) is 3.24. The van der Waals surface area contributed by atoms with Gasteiger partial charge in [-0.1, -0.05) is 30.3 Å². The summed E-state index contributed by atoms with van der Waals surface area (Å²) in [5.74, 6) is 1.01. The Hall–Kier alpha value is -3.09. The number of carbonyl (C=O) groups excluding carboxylic acids is 1. The third kappa shape index (κ3) is 2.79. The molecular weight excluding hydrogens is 344 g/mol. The minimum Gasteiger partial charge on any atom is -0.430 e. The van der Waals surface area contributed by atoms with Gasteiger partial charge < -0.3 is 14.4 Å². The zero-order valence-corrected chi connectivity index (χ0v) is 15.1. The second kappa shape index (κ2) is 5.97. The van der Waals surface area contributed by atoms with Crippen LogP contribution in [0.1, 0.15) is 18.5 Å². The van der Waals surface area contributed by atoms with Crippen molar-refractivity contribution in [1.82, 2.24) is 14.6 Å². The van der Waals surface area contributed by atoms with Crippen molar-refractivity contribution in [2.24, 2.45) is 0 Å². The van der Waals surface area contributed by atoms with E-state index in [1.807, 2.05) is 35.7 Å². The Bertz CT molecular complexity index is 1010. The fourth-order valence-electron chi connectivity index (χ4n) is 3.87. The molecule has 0 radical (unpaired) electrons. The van der Waals surface area contributed by atoms with Crippen molar-refractivity contribution >= 4 is 17.6 Å². The van der Waals surface area contributed by atoms with E-state index in [1.165, 1.54) is 0 Å². The molecule has 0 aliphatic carbocycles. The number of benzene rings is 1. The molecule has 138 valence electrons. The molecule has 2 aromatic heterocycles. The van der Waals surface area contributed by atoms with Gasteiger partial charge in [-0.15, -0.1) is 0 Å². The molecule has 1 spiro atoms. The summed E-state index contributed by atoms with van der Waals surface area (Å²) in [6.45, 7) is 3.86. The standard InChI is InChI=1S/C20H20N4O3/c1-14-11-17-21-16(15-5-3-2-4-6-15)12-18(24(17)22-14)23-9-7-20(8-10-23)13-26-19(25)27-20/h2-6,11-12H,7-10,13H2,1H3. The van der Waals surface area contributed by atoms with Crippen molar-refractivity contribution < 1.29 is 14.3 Å². The molecule has 5 rings (SSSR count). The summed E-state index contributed by atoms with van der Waals surface area (Å²) in [7, 11) is 0. The predicted octanol–water partition coefficient (Wildman–Crippen LogP) is 3.21. The lowest BCUT2D eigenvalue weighted by Gasteiger charge is -2.37. The zero-order chi connectivity index (χ0) is 18.4. The van der Waals surface area contributed by atoms with E-state index in [1.54, 1.807) is 0 Å². The highest BCUT2D eigenvalue weighted by atomic mass is 16.8. The summed E-state index contributed by atoms with van der Waals surface area (Å²) >= 11 is 0. The Balaban J connectivity index is 1.52. The second-order valence-electron chi connectivity index (χ2n) is 7.23. The lowest BCUT2D eigenvalue weighted by molar-refractivity contribution is 0.0365. The van der Waals surface area contributed by atoms with Crippen LogP contribution in [0.25, 0.3) is 16.9 Å². The Kier molecular flexibility index (Phi) is 3.56. The summed E-state index contributed by atoms with van der Waals surface area (Å²) in [6, 6.07) is 14.2. The van der Waals surface area contributed by atoms with Crippen molar-refractivity contribution in [3.63, 3.8) is 0 Å². The second-order valence-corrected chi connectivity index (χ2v) is 7.23. The van der Waals surface area contributed by atoms with Crippen LogP contribution in [0.4, 0.5) is 10.6 Å². The molecule has 2 aliphatic heterocycles. The zero-order valence-electron chi connectivity index (χ0n) is 15.1. The van der Waals surface area contributed by atoms with E-state index < -0.39 is 11.8 Å². The van der Waals surface area contributed by atoms with Gasteiger partial charge in [-0.3, -0.25) is 0 Å². The number of hydrogen-bond acceptors (Lipinski definition) is 6. The first-order valence-electron chi connectivity index (χ1n) is 9.16. The molecule has 3 aromatic rings. The minimum atomic E-state index is -0.552. The first-order chi connectivity index (χ1) is 13.1. The fraction of sp³-hybridized carbons (Fsp3) is 0.350. The molecule has 4 heterocycles. The van der Waals surface area contributed by atoms with Gasteiger partial charge >= 0.3 is 6.16 Å². The number of rotatable bonds is 2. The van der Waals surface area contributed by atoms with E-state index in [9.17, 15) is 4.79 Å². The maximum Gasteiger partial charge on any atom is 0.509 e. The maximum absolute atomic E-state index is 11.4. The lowest BCUT2D eigenvalue weighted by atomic mass is 9.92. The molecule has 0 saturated carbocycles. The number of hydrogen-bond donors (Lipinski definition) is 0. The van der Waals surface area contributed by atoms with Crippen LogP contribution in [0.15, 0.2) is 42.5 Å². The van der Waals surface area contributed by atoms with Crippen LogP contribution in [-0.2, 0) is 9.47 Å². The van der Waals surface area contributed by atoms with Crippen molar-refractivity contribution in [2.75, 3.05) is 24.6 Å². The van der Waals surface area contributed by atoms with Gasteiger partial charge in [-0.25, -0.2) is 9.78 Å². The lowest BCUT2D eigenvalue weighted by Crippen LogP contribution is -2.46. The third-order valence-corrected chi connectivity index (χ3v) is 5.35. The van der Waals surface area contributed by atoms with Crippen molar-refractivity contribution in [3.05, 3.63) is 48.2 Å². The average molecular weight is 364 g/mol. The number of nitrogens with zero attached hydrogens (tertiary/aromatic N) is 4. The van der Waals surface area contributed by atoms with E-state index in [0.29, 0.717) is 6.61 Å². The molecule has 0 unspecified atom stereocenters. The first-order valence-corrected chi connectivity index (χ1v) is 9.16. The molecule has 7 heteroatoms. The van der Waals surface area contributed by atoms with Gasteiger partial charge in [0.05, 0.1) is 11.4 Å². The highest BCUT2D eigenvalue weighted by Crippen LogP contribution is 2.34. The molecule has 0 amide bonds. The van der Waals surface area contributed by atoms with E-state index in [-0.39, 0.29) is 0 Å². The first kappa shape index (κ1) is 16.1. The van der Waals surface area contributed by atoms with Gasteiger partial charge in [0.15, 0.2) is 11.2 Å². The minimum absolute atomic E-state index is 0.349. The van der Waals surface area contributed by atoms with Crippen molar-refractivity contribution in [1.29, 1.82) is 0 Å². The van der Waals surface area contributed by atoms with Crippen LogP contribution in [0.3, 0.4) is 0 Å². The highest BCUT2D eigenvalue weighted by molar-refractivity contribution is 5.67. The number of aromatic nitrogens is 3. The Labute approximate surface area is 156 Å². The molecule has 2 aliphatic rings. The normalized spacial score (nSPS) is 18.7. The largest absolute Gasteiger partial charge is 0.509 e. The third-order valence-electron chi connectivity index (χ3n) is 5.35. The molecular formula is C20H20N4O3. The topological polar surface area (TPSA) is 69.0 Å². The highest BCUT2D eigenvalue weighted by Gasteiger charge is 2.45. The molecule has 0 bridgehead atoms. The van der Waals surface area contributed by atoms with Gasteiger partial charge in [-0.2, -0.15) is 9.61 Å². The van der Waals surface area contributed by atoms with Gasteiger partial charge in [-0.05, 0) is 6.92 Å². The van der Waals surface area contributed by atoms with Gasteiger partial charge in [0.2, 0.25) is 0 Å². The quantitative estimate of drug-likeness (QED) is 0.651. The molecule has 1 aromatic carbocycles. The number of anilines is 1. The molecule has 2 saturated heterocycles. The van der Waals surface area contributed by atoms with Crippen LogP contribution >= 0.6 is 0 Å². The van der Waals surface area contributed by atoms with Gasteiger partial charge in [0.1, 0.15) is 12.4 Å². The summed E-state index contributed by atoms with van der Waals surface area (Å²) in [4.78, 5) is 18.4. The SMILES string of the molecule is Cc1cc2nc(-c3ccccc3)cc(N3CCC4(CC3)COC(=O)O4)n2n1. The van der Waals surface area contributed by atoms with Gasteiger partial charge in [0.25, 0.3) is 0 Å². The number of fused-ring (bicyclic) bond motifs is 1. The summed E-state index contributed by atoms with van der Waals surface area (Å²) < 4.78 is 12.4. The monoisotopic (exact) mass is 364 g/mol. The molecule has 0 atom stereocenters. The maximum atomic E-state index is 11.4. The van der Waals surface area contributed by atoms with E-state index in [4.69, 9.17) is 14.5 Å². The predicted molar refractivity (Wildman–Crippen MR) is 99.8 cm³/mol. The van der Waals surface area contributed by atoms with E-state index in [0.717, 1.165) is 54.3 Å². The van der Waals surface area contributed by atoms with Crippen LogP contribution in [0, 0.1) is 6.92 Å². The number of aryl methyl sites for hydroxylation is 1. The Morgan fingerprint density at radius 2 is 1.89 bits per heavy atom. The Morgan fingerprint density at radius 3 is 2.59 bits per heavy atom. The van der Waals surface area contributed by atoms with Crippen LogP contribution in [-0.4, -0.2) is 46.1 Å². The summed E-state index contributed by atoms with van der Waals surface area (Å²) in [5.41, 5.74) is 3.29. The number of carbonyl (C=O) groups is 1. The van der Waals surface area contributed by atoms with Crippen LogP contribution in [0.2, 0.25) is 0 Å². The molecule has 2 fully saturated rings. The molecule has 0 N–H and O–H groups in total. The molecule has 7 nitrogen and oxygen atoms in total.